The summed E-state index contributed by atoms with van der Waals surface area (Å²) in [5.74, 6) is -1.11. The van der Waals surface area contributed by atoms with E-state index in [1.807, 2.05) is 0 Å². The van der Waals surface area contributed by atoms with Crippen molar-refractivity contribution in [1.29, 1.82) is 0 Å². The second-order valence-corrected chi connectivity index (χ2v) is 6.38. The topological polar surface area (TPSA) is 87.1 Å². The number of aliphatic carboxylic acids is 1. The number of ether oxygens (including phenoxy) is 1. The number of rotatable bonds is 1. The Morgan fingerprint density at radius 2 is 1.89 bits per heavy atom. The monoisotopic (exact) mass is 271 g/mol. The Labute approximate surface area is 112 Å². The molecule has 6 heteroatoms. The number of carboxylic acid groups (broad SMARTS) is 1. The van der Waals surface area contributed by atoms with Crippen LogP contribution in [0.1, 0.15) is 40.0 Å². The minimum Gasteiger partial charge on any atom is -0.480 e. The molecule has 2 bridgehead atoms. The van der Waals surface area contributed by atoms with Gasteiger partial charge in [-0.3, -0.25) is 4.90 Å². The zero-order chi connectivity index (χ0) is 14.4. The van der Waals surface area contributed by atoms with Crippen molar-refractivity contribution in [2.75, 3.05) is 0 Å². The van der Waals surface area contributed by atoms with E-state index in [9.17, 15) is 19.8 Å². The molecule has 108 valence electrons. The molecule has 4 atom stereocenters. The van der Waals surface area contributed by atoms with Crippen LogP contribution < -0.4 is 0 Å². The lowest BCUT2D eigenvalue weighted by atomic mass is 9.85. The van der Waals surface area contributed by atoms with E-state index in [-0.39, 0.29) is 5.92 Å². The van der Waals surface area contributed by atoms with Crippen LogP contribution in [0.3, 0.4) is 0 Å². The van der Waals surface area contributed by atoms with Gasteiger partial charge in [-0.2, -0.15) is 0 Å². The van der Waals surface area contributed by atoms with Crippen molar-refractivity contribution in [3.63, 3.8) is 0 Å². The molecule has 0 radical (unpaired) electrons. The number of aliphatic hydroxyl groups excluding tert-OH is 1. The fraction of sp³-hybridized carbons (Fsp3) is 0.846. The molecule has 6 nitrogen and oxygen atoms in total. The van der Waals surface area contributed by atoms with E-state index in [0.29, 0.717) is 19.3 Å². The molecule has 1 amide bonds. The van der Waals surface area contributed by atoms with Crippen LogP contribution in [0.5, 0.6) is 0 Å². The largest absolute Gasteiger partial charge is 0.480 e. The minimum absolute atomic E-state index is 0.0848. The summed E-state index contributed by atoms with van der Waals surface area (Å²) < 4.78 is 5.27. The molecular formula is C13H21NO5. The van der Waals surface area contributed by atoms with Crippen LogP contribution in [0, 0.1) is 5.92 Å². The Balaban J connectivity index is 2.24. The van der Waals surface area contributed by atoms with E-state index in [2.05, 4.69) is 0 Å². The molecule has 0 spiro atoms. The van der Waals surface area contributed by atoms with Gasteiger partial charge in [0.25, 0.3) is 0 Å². The number of nitrogens with zero attached hydrogens (tertiary/aromatic N) is 1. The van der Waals surface area contributed by atoms with Gasteiger partial charge in [0, 0.05) is 0 Å². The lowest BCUT2D eigenvalue weighted by molar-refractivity contribution is -0.143. The highest BCUT2D eigenvalue weighted by atomic mass is 16.6. The molecule has 19 heavy (non-hydrogen) atoms. The van der Waals surface area contributed by atoms with Crippen LogP contribution >= 0.6 is 0 Å². The van der Waals surface area contributed by atoms with Gasteiger partial charge < -0.3 is 14.9 Å². The molecule has 0 aromatic rings. The molecule has 1 aliphatic heterocycles. The first-order valence-electron chi connectivity index (χ1n) is 6.63. The molecule has 2 rings (SSSR count). The second-order valence-electron chi connectivity index (χ2n) is 6.38. The van der Waals surface area contributed by atoms with Gasteiger partial charge in [-0.05, 0) is 46.0 Å². The third-order valence-corrected chi connectivity index (χ3v) is 3.78. The third-order valence-electron chi connectivity index (χ3n) is 3.78. The second kappa shape index (κ2) is 4.67. The summed E-state index contributed by atoms with van der Waals surface area (Å²) in [6, 6.07) is -1.31. The summed E-state index contributed by atoms with van der Waals surface area (Å²) in [4.78, 5) is 24.8. The first kappa shape index (κ1) is 14.1. The van der Waals surface area contributed by atoms with E-state index in [1.165, 1.54) is 4.90 Å². The Kier molecular flexibility index (Phi) is 3.47. The van der Waals surface area contributed by atoms with Crippen LogP contribution in [-0.4, -0.2) is 51.0 Å². The van der Waals surface area contributed by atoms with Gasteiger partial charge in [-0.1, -0.05) is 0 Å². The Morgan fingerprint density at radius 1 is 1.26 bits per heavy atom. The van der Waals surface area contributed by atoms with Crippen molar-refractivity contribution >= 4 is 12.1 Å². The van der Waals surface area contributed by atoms with E-state index >= 15 is 0 Å². The summed E-state index contributed by atoms with van der Waals surface area (Å²) in [6.07, 6.45) is 0.408. The molecule has 1 saturated heterocycles. The van der Waals surface area contributed by atoms with Gasteiger partial charge in [-0.15, -0.1) is 0 Å². The van der Waals surface area contributed by atoms with Gasteiger partial charge in [-0.25, -0.2) is 9.59 Å². The van der Waals surface area contributed by atoms with E-state index in [1.54, 1.807) is 20.8 Å². The maximum Gasteiger partial charge on any atom is 0.411 e. The number of hydrogen-bond acceptors (Lipinski definition) is 4. The van der Waals surface area contributed by atoms with E-state index in [4.69, 9.17) is 4.74 Å². The number of carboxylic acids is 1. The fourth-order valence-electron chi connectivity index (χ4n) is 3.07. The molecule has 0 aromatic heterocycles. The lowest BCUT2D eigenvalue weighted by Gasteiger charge is -2.32. The minimum atomic E-state index is -1.02. The maximum atomic E-state index is 12.2. The summed E-state index contributed by atoms with van der Waals surface area (Å²) in [6.45, 7) is 5.21. The van der Waals surface area contributed by atoms with Crippen LogP contribution in [-0.2, 0) is 9.53 Å². The zero-order valence-corrected chi connectivity index (χ0v) is 11.5. The standard InChI is InChI=1S/C13H21NO5/c1-13(2,3)19-12(18)14-8-6-7(4-5-9(8)15)10(14)11(16)17/h7-10,15H,4-6H2,1-3H3,(H,16,17)/t7?,8-,9?,10+/m1/s1. The molecule has 1 heterocycles. The summed E-state index contributed by atoms with van der Waals surface area (Å²) >= 11 is 0. The number of hydrogen-bond donors (Lipinski definition) is 2. The van der Waals surface area contributed by atoms with Crippen LogP contribution in [0.4, 0.5) is 4.79 Å². The van der Waals surface area contributed by atoms with Gasteiger partial charge in [0.05, 0.1) is 12.1 Å². The third kappa shape index (κ3) is 2.68. The molecule has 2 unspecified atom stereocenters. The summed E-state index contributed by atoms with van der Waals surface area (Å²) in [7, 11) is 0. The van der Waals surface area contributed by atoms with E-state index in [0.717, 1.165) is 0 Å². The SMILES string of the molecule is CC(C)(C)OC(=O)N1[C@@H]2CC(CCC2O)[C@H]1C(=O)O. The molecule has 2 fully saturated rings. The quantitative estimate of drug-likeness (QED) is 0.748. The highest BCUT2D eigenvalue weighted by molar-refractivity contribution is 5.81. The van der Waals surface area contributed by atoms with Crippen molar-refractivity contribution in [3.05, 3.63) is 0 Å². The number of amides is 1. The molecular weight excluding hydrogens is 250 g/mol. The van der Waals surface area contributed by atoms with Crippen LogP contribution in [0.2, 0.25) is 0 Å². The van der Waals surface area contributed by atoms with Gasteiger partial charge >= 0.3 is 12.1 Å². The highest BCUT2D eigenvalue weighted by Crippen LogP contribution is 2.41. The molecule has 2 N–H and O–H groups in total. The Hall–Kier alpha value is -1.30. The van der Waals surface area contributed by atoms with Crippen molar-refractivity contribution in [2.24, 2.45) is 5.92 Å². The number of likely N-dealkylation sites (tertiary alicyclic amines) is 1. The normalized spacial score (nSPS) is 34.2. The van der Waals surface area contributed by atoms with Crippen molar-refractivity contribution in [3.8, 4) is 0 Å². The van der Waals surface area contributed by atoms with Crippen molar-refractivity contribution < 1.29 is 24.5 Å². The lowest BCUT2D eigenvalue weighted by Crippen LogP contribution is -2.50. The predicted octanol–water partition coefficient (Wildman–Crippen LogP) is 1.22. The molecule has 1 aliphatic carbocycles. The van der Waals surface area contributed by atoms with Crippen LogP contribution in [0.25, 0.3) is 0 Å². The molecule has 0 aromatic carbocycles. The van der Waals surface area contributed by atoms with Gasteiger partial charge in [0.1, 0.15) is 11.6 Å². The van der Waals surface area contributed by atoms with Gasteiger partial charge in [0.2, 0.25) is 0 Å². The van der Waals surface area contributed by atoms with Crippen molar-refractivity contribution in [2.45, 2.75) is 63.8 Å². The number of fused-ring (bicyclic) bond motifs is 2. The fourth-order valence-corrected chi connectivity index (χ4v) is 3.07. The maximum absolute atomic E-state index is 12.2. The molecule has 2 aliphatic rings. The smallest absolute Gasteiger partial charge is 0.411 e. The average molecular weight is 271 g/mol. The first-order valence-corrected chi connectivity index (χ1v) is 6.63. The summed E-state index contributed by atoms with van der Waals surface area (Å²) in [5, 5.41) is 19.3. The summed E-state index contributed by atoms with van der Waals surface area (Å²) in [5.41, 5.74) is -0.679. The van der Waals surface area contributed by atoms with Crippen LogP contribution in [0.15, 0.2) is 0 Å². The zero-order valence-electron chi connectivity index (χ0n) is 11.5. The first-order chi connectivity index (χ1) is 8.70. The number of carbonyl (C=O) groups is 2. The van der Waals surface area contributed by atoms with Gasteiger partial charge in [0.15, 0.2) is 0 Å². The van der Waals surface area contributed by atoms with E-state index < -0.39 is 35.9 Å². The highest BCUT2D eigenvalue weighted by Gasteiger charge is 2.53. The Bertz CT molecular complexity index is 389. The van der Waals surface area contributed by atoms with Crippen molar-refractivity contribution in [1.82, 2.24) is 4.90 Å². The molecule has 1 saturated carbocycles. The number of carbonyl (C=O) groups excluding carboxylic acids is 1. The Morgan fingerprint density at radius 3 is 2.42 bits per heavy atom. The predicted molar refractivity (Wildman–Crippen MR) is 66.6 cm³/mol. The number of aliphatic hydroxyl groups is 1. The average Bonchev–Trinajstić information content (AvgIpc) is 2.56.